The first-order chi connectivity index (χ1) is 11.3. The number of hydrogen-bond donors (Lipinski definition) is 0. The Morgan fingerprint density at radius 2 is 2.04 bits per heavy atom. The quantitative estimate of drug-likeness (QED) is 0.791. The van der Waals surface area contributed by atoms with Crippen molar-refractivity contribution in [2.75, 3.05) is 7.11 Å². The standard InChI is InChI=1S/C19H20O3S/c1-21-19(20)18-15(11-14-8-9-16(18)22-14)12-4-6-13(7-5-12)17-3-2-10-23-17/h2-7,10,14-16,18H,8-9,11H2,1H3/t14-,15+,16+,18-/m0/s1. The minimum atomic E-state index is -0.175. The van der Waals surface area contributed by atoms with Crippen molar-refractivity contribution in [2.45, 2.75) is 37.4 Å². The lowest BCUT2D eigenvalue weighted by atomic mass is 9.79. The van der Waals surface area contributed by atoms with Crippen molar-refractivity contribution in [1.29, 1.82) is 0 Å². The zero-order valence-corrected chi connectivity index (χ0v) is 13.9. The van der Waals surface area contributed by atoms with Crippen molar-refractivity contribution in [3.8, 4) is 10.4 Å². The molecule has 2 saturated heterocycles. The summed E-state index contributed by atoms with van der Waals surface area (Å²) in [7, 11) is 1.47. The molecule has 0 aliphatic carbocycles. The molecule has 2 bridgehead atoms. The second-order valence-electron chi connectivity index (χ2n) is 6.36. The first-order valence-electron chi connectivity index (χ1n) is 8.13. The van der Waals surface area contributed by atoms with Crippen LogP contribution in [0.25, 0.3) is 10.4 Å². The summed E-state index contributed by atoms with van der Waals surface area (Å²) in [4.78, 5) is 13.6. The summed E-state index contributed by atoms with van der Waals surface area (Å²) in [6.45, 7) is 0. The molecule has 23 heavy (non-hydrogen) atoms. The van der Waals surface area contributed by atoms with Gasteiger partial charge < -0.3 is 9.47 Å². The molecule has 1 aromatic carbocycles. The van der Waals surface area contributed by atoms with Gasteiger partial charge in [-0.2, -0.15) is 0 Å². The third kappa shape index (κ3) is 2.70. The molecule has 2 aliphatic rings. The molecule has 0 radical (unpaired) electrons. The highest BCUT2D eigenvalue weighted by molar-refractivity contribution is 7.13. The molecular formula is C19H20O3S. The van der Waals surface area contributed by atoms with Gasteiger partial charge in [0, 0.05) is 10.8 Å². The van der Waals surface area contributed by atoms with Gasteiger partial charge in [0.2, 0.25) is 0 Å². The molecule has 3 nitrogen and oxygen atoms in total. The highest BCUT2D eigenvalue weighted by Gasteiger charge is 2.47. The predicted octanol–water partition coefficient (Wildman–Crippen LogP) is 4.24. The highest BCUT2D eigenvalue weighted by atomic mass is 32.1. The summed E-state index contributed by atoms with van der Waals surface area (Å²) in [6.07, 6.45) is 3.25. The molecule has 2 fully saturated rings. The fraction of sp³-hybridized carbons (Fsp3) is 0.421. The molecule has 2 aromatic rings. The molecule has 3 heterocycles. The van der Waals surface area contributed by atoms with Crippen LogP contribution in [-0.2, 0) is 14.3 Å². The van der Waals surface area contributed by atoms with E-state index >= 15 is 0 Å². The number of esters is 1. The lowest BCUT2D eigenvalue weighted by molar-refractivity contribution is -0.156. The van der Waals surface area contributed by atoms with E-state index in [2.05, 4.69) is 41.8 Å². The molecule has 4 rings (SSSR count). The van der Waals surface area contributed by atoms with Crippen LogP contribution in [0, 0.1) is 5.92 Å². The van der Waals surface area contributed by atoms with Crippen LogP contribution in [0.3, 0.4) is 0 Å². The Kier molecular flexibility index (Phi) is 3.95. The Balaban J connectivity index is 1.63. The van der Waals surface area contributed by atoms with Crippen LogP contribution in [0.15, 0.2) is 41.8 Å². The monoisotopic (exact) mass is 328 g/mol. The van der Waals surface area contributed by atoms with Gasteiger partial charge in [-0.05, 0) is 41.8 Å². The number of rotatable bonds is 3. The molecule has 0 spiro atoms. The highest BCUT2D eigenvalue weighted by Crippen LogP contribution is 2.45. The maximum Gasteiger partial charge on any atom is 0.311 e. The van der Waals surface area contributed by atoms with Crippen LogP contribution in [-0.4, -0.2) is 25.3 Å². The number of ether oxygens (including phenoxy) is 2. The second kappa shape index (κ2) is 6.10. The van der Waals surface area contributed by atoms with Crippen molar-refractivity contribution in [1.82, 2.24) is 0 Å². The van der Waals surface area contributed by atoms with Crippen LogP contribution >= 0.6 is 11.3 Å². The molecule has 4 atom stereocenters. The Morgan fingerprint density at radius 3 is 2.74 bits per heavy atom. The third-order valence-electron chi connectivity index (χ3n) is 5.11. The number of carbonyl (C=O) groups excluding carboxylic acids is 1. The van der Waals surface area contributed by atoms with Crippen LogP contribution in [0.5, 0.6) is 0 Å². The van der Waals surface area contributed by atoms with Crippen LogP contribution < -0.4 is 0 Å². The Labute approximate surface area is 140 Å². The number of methoxy groups -OCH3 is 1. The Hall–Kier alpha value is -1.65. The minimum absolute atomic E-state index is 0.0168. The normalized spacial score (nSPS) is 29.4. The van der Waals surface area contributed by atoms with Crippen molar-refractivity contribution in [2.24, 2.45) is 5.92 Å². The Morgan fingerprint density at radius 1 is 1.22 bits per heavy atom. The van der Waals surface area contributed by atoms with E-state index in [4.69, 9.17) is 9.47 Å². The van der Waals surface area contributed by atoms with Gasteiger partial charge in [-0.25, -0.2) is 0 Å². The van der Waals surface area contributed by atoms with Crippen molar-refractivity contribution in [3.63, 3.8) is 0 Å². The second-order valence-corrected chi connectivity index (χ2v) is 7.31. The van der Waals surface area contributed by atoms with Crippen LogP contribution in [0.4, 0.5) is 0 Å². The molecule has 2 aliphatic heterocycles. The summed E-state index contributed by atoms with van der Waals surface area (Å²) in [6, 6.07) is 12.9. The molecule has 0 N–H and O–H groups in total. The van der Waals surface area contributed by atoms with Gasteiger partial charge in [-0.1, -0.05) is 30.3 Å². The van der Waals surface area contributed by atoms with E-state index < -0.39 is 0 Å². The molecule has 1 aromatic heterocycles. The zero-order valence-electron chi connectivity index (χ0n) is 13.1. The number of thiophene rings is 1. The smallest absolute Gasteiger partial charge is 0.311 e. The number of carbonyl (C=O) groups is 1. The molecule has 120 valence electrons. The number of benzene rings is 1. The van der Waals surface area contributed by atoms with Gasteiger partial charge in [0.25, 0.3) is 0 Å². The lowest BCUT2D eigenvalue weighted by Crippen LogP contribution is -2.39. The minimum Gasteiger partial charge on any atom is -0.469 e. The van der Waals surface area contributed by atoms with E-state index in [1.165, 1.54) is 23.1 Å². The number of fused-ring (bicyclic) bond motifs is 2. The van der Waals surface area contributed by atoms with E-state index in [0.29, 0.717) is 6.10 Å². The predicted molar refractivity (Wildman–Crippen MR) is 90.5 cm³/mol. The van der Waals surface area contributed by atoms with Gasteiger partial charge >= 0.3 is 5.97 Å². The SMILES string of the molecule is COC(=O)[C@H]1[C@@H](c2ccc(-c3cccs3)cc2)C[C@@H]2CC[C@H]1O2. The van der Waals surface area contributed by atoms with E-state index in [1.807, 2.05) is 0 Å². The van der Waals surface area contributed by atoms with Gasteiger partial charge in [0.15, 0.2) is 0 Å². The fourth-order valence-corrected chi connectivity index (χ4v) is 4.73. The summed E-state index contributed by atoms with van der Waals surface area (Å²) in [5.41, 5.74) is 2.45. The Bertz CT molecular complexity index is 677. The van der Waals surface area contributed by atoms with Crippen LogP contribution in [0.1, 0.15) is 30.7 Å². The maximum atomic E-state index is 12.3. The summed E-state index contributed by atoms with van der Waals surface area (Å²) >= 11 is 1.74. The van der Waals surface area contributed by atoms with Crippen molar-refractivity contribution in [3.05, 3.63) is 47.3 Å². The van der Waals surface area contributed by atoms with Crippen LogP contribution in [0.2, 0.25) is 0 Å². The summed E-state index contributed by atoms with van der Waals surface area (Å²) in [5.74, 6) is -0.111. The first-order valence-corrected chi connectivity index (χ1v) is 9.01. The molecule has 0 unspecified atom stereocenters. The van der Waals surface area contributed by atoms with Gasteiger partial charge in [-0.15, -0.1) is 11.3 Å². The summed E-state index contributed by atoms with van der Waals surface area (Å²) < 4.78 is 11.0. The number of hydrogen-bond acceptors (Lipinski definition) is 4. The molecule has 0 saturated carbocycles. The van der Waals surface area contributed by atoms with E-state index in [-0.39, 0.29) is 23.9 Å². The van der Waals surface area contributed by atoms with Gasteiger partial charge in [-0.3, -0.25) is 4.79 Å². The maximum absolute atomic E-state index is 12.3. The largest absolute Gasteiger partial charge is 0.469 e. The lowest BCUT2D eigenvalue weighted by Gasteiger charge is -2.35. The topological polar surface area (TPSA) is 35.5 Å². The van der Waals surface area contributed by atoms with Crippen molar-refractivity contribution < 1.29 is 14.3 Å². The first kappa shape index (κ1) is 14.9. The zero-order chi connectivity index (χ0) is 15.8. The van der Waals surface area contributed by atoms with E-state index in [1.54, 1.807) is 11.3 Å². The fourth-order valence-electron chi connectivity index (χ4n) is 3.99. The summed E-state index contributed by atoms with van der Waals surface area (Å²) in [5, 5.41) is 2.09. The average molecular weight is 328 g/mol. The van der Waals surface area contributed by atoms with Gasteiger partial charge in [0.05, 0.1) is 25.2 Å². The van der Waals surface area contributed by atoms with E-state index in [0.717, 1.165) is 19.3 Å². The van der Waals surface area contributed by atoms with Crippen molar-refractivity contribution >= 4 is 17.3 Å². The third-order valence-corrected chi connectivity index (χ3v) is 6.03. The average Bonchev–Trinajstić information content (AvgIpc) is 3.25. The van der Waals surface area contributed by atoms with E-state index in [9.17, 15) is 4.79 Å². The molecule has 0 amide bonds. The molecular weight excluding hydrogens is 308 g/mol. The van der Waals surface area contributed by atoms with Gasteiger partial charge in [0.1, 0.15) is 0 Å². The molecule has 4 heteroatoms.